The zero-order chi connectivity index (χ0) is 19.9. The number of anilines is 1. The summed E-state index contributed by atoms with van der Waals surface area (Å²) in [5.41, 5.74) is 4.07. The number of hydrazone groups is 1. The summed E-state index contributed by atoms with van der Waals surface area (Å²) in [5.74, 6) is 4.86. The number of hydrogen-bond donors (Lipinski definition) is 3. The van der Waals surface area contributed by atoms with E-state index in [0.29, 0.717) is 13.1 Å². The number of hydrogen-bond acceptors (Lipinski definition) is 5. The SMILES string of the molecule is CC(Nc1cccc(/C=N/N)c1)C(=O)NCC(=O)N1CCc2ccccc2C1.Cl. The molecule has 1 aliphatic heterocycles. The molecule has 1 unspecified atom stereocenters. The smallest absolute Gasteiger partial charge is 0.242 e. The molecule has 8 heteroatoms. The summed E-state index contributed by atoms with van der Waals surface area (Å²) >= 11 is 0. The minimum absolute atomic E-state index is 0. The molecule has 4 N–H and O–H groups in total. The number of carbonyl (C=O) groups excluding carboxylic acids is 2. The first kappa shape index (κ1) is 22.2. The van der Waals surface area contributed by atoms with Crippen molar-refractivity contribution in [2.45, 2.75) is 25.9 Å². The summed E-state index contributed by atoms with van der Waals surface area (Å²) in [6.07, 6.45) is 2.38. The molecule has 0 fully saturated rings. The van der Waals surface area contributed by atoms with Gasteiger partial charge in [-0.1, -0.05) is 36.4 Å². The first-order chi connectivity index (χ1) is 13.6. The zero-order valence-corrected chi connectivity index (χ0v) is 17.1. The Bertz CT molecular complexity index is 887. The van der Waals surface area contributed by atoms with E-state index >= 15 is 0 Å². The van der Waals surface area contributed by atoms with Crippen LogP contribution in [-0.4, -0.2) is 42.1 Å². The molecule has 0 aromatic heterocycles. The van der Waals surface area contributed by atoms with Crippen molar-refractivity contribution in [2.24, 2.45) is 10.9 Å². The fourth-order valence-electron chi connectivity index (χ4n) is 3.25. The van der Waals surface area contributed by atoms with Gasteiger partial charge in [0.2, 0.25) is 11.8 Å². The molecule has 154 valence electrons. The van der Waals surface area contributed by atoms with Gasteiger partial charge in [0.1, 0.15) is 6.04 Å². The highest BCUT2D eigenvalue weighted by Crippen LogP contribution is 2.18. The molecular formula is C21H26ClN5O2. The summed E-state index contributed by atoms with van der Waals surface area (Å²) in [5, 5.41) is 9.34. The third-order valence-electron chi connectivity index (χ3n) is 4.78. The Morgan fingerprint density at radius 1 is 1.21 bits per heavy atom. The number of nitrogens with one attached hydrogen (secondary N) is 2. The van der Waals surface area contributed by atoms with Crippen LogP contribution in [0.4, 0.5) is 5.69 Å². The third-order valence-corrected chi connectivity index (χ3v) is 4.78. The van der Waals surface area contributed by atoms with Crippen LogP contribution in [0.1, 0.15) is 23.6 Å². The summed E-state index contributed by atoms with van der Waals surface area (Å²) in [6, 6.07) is 15.1. The molecule has 0 saturated heterocycles. The highest BCUT2D eigenvalue weighted by atomic mass is 35.5. The fraction of sp³-hybridized carbons (Fsp3) is 0.286. The van der Waals surface area contributed by atoms with Crippen LogP contribution in [0.15, 0.2) is 53.6 Å². The summed E-state index contributed by atoms with van der Waals surface area (Å²) in [4.78, 5) is 26.6. The number of nitrogens with two attached hydrogens (primary N) is 1. The first-order valence-corrected chi connectivity index (χ1v) is 9.29. The van der Waals surface area contributed by atoms with E-state index < -0.39 is 6.04 Å². The number of halogens is 1. The van der Waals surface area contributed by atoms with E-state index in [1.807, 2.05) is 42.5 Å². The Labute approximate surface area is 176 Å². The Kier molecular flexibility index (Phi) is 8.03. The highest BCUT2D eigenvalue weighted by molar-refractivity contribution is 5.89. The van der Waals surface area contributed by atoms with Crippen LogP contribution in [0, 0.1) is 0 Å². The maximum Gasteiger partial charge on any atom is 0.242 e. The van der Waals surface area contributed by atoms with Gasteiger partial charge in [0, 0.05) is 18.8 Å². The molecule has 3 rings (SSSR count). The van der Waals surface area contributed by atoms with E-state index in [0.717, 1.165) is 17.7 Å². The molecule has 2 aromatic rings. The van der Waals surface area contributed by atoms with Crippen molar-refractivity contribution in [1.82, 2.24) is 10.2 Å². The number of amides is 2. The fourth-order valence-corrected chi connectivity index (χ4v) is 3.25. The van der Waals surface area contributed by atoms with E-state index in [-0.39, 0.29) is 30.8 Å². The van der Waals surface area contributed by atoms with Crippen molar-refractivity contribution in [3.8, 4) is 0 Å². The summed E-state index contributed by atoms with van der Waals surface area (Å²) < 4.78 is 0. The van der Waals surface area contributed by atoms with Crippen LogP contribution in [-0.2, 0) is 22.6 Å². The largest absolute Gasteiger partial charge is 0.374 e. The van der Waals surface area contributed by atoms with Crippen molar-refractivity contribution in [1.29, 1.82) is 0 Å². The van der Waals surface area contributed by atoms with Gasteiger partial charge in [0.05, 0.1) is 12.8 Å². The van der Waals surface area contributed by atoms with Gasteiger partial charge in [-0.05, 0) is 42.2 Å². The second kappa shape index (κ2) is 10.5. The maximum absolute atomic E-state index is 12.5. The predicted molar refractivity (Wildman–Crippen MR) is 117 cm³/mol. The molecule has 0 saturated carbocycles. The van der Waals surface area contributed by atoms with Crippen molar-refractivity contribution in [3.63, 3.8) is 0 Å². The second-order valence-corrected chi connectivity index (χ2v) is 6.82. The van der Waals surface area contributed by atoms with Gasteiger partial charge in [-0.2, -0.15) is 5.10 Å². The Hall–Kier alpha value is -3.06. The van der Waals surface area contributed by atoms with Gasteiger partial charge < -0.3 is 21.4 Å². The molecule has 1 heterocycles. The monoisotopic (exact) mass is 415 g/mol. The molecule has 1 atom stereocenters. The molecule has 0 spiro atoms. The topological polar surface area (TPSA) is 99.8 Å². The Morgan fingerprint density at radius 2 is 1.97 bits per heavy atom. The molecule has 1 aliphatic rings. The Balaban J connectivity index is 0.00000300. The maximum atomic E-state index is 12.5. The summed E-state index contributed by atoms with van der Waals surface area (Å²) in [6.45, 7) is 3.01. The zero-order valence-electron chi connectivity index (χ0n) is 16.3. The normalized spacial score (nSPS) is 13.9. The summed E-state index contributed by atoms with van der Waals surface area (Å²) in [7, 11) is 0. The molecule has 29 heavy (non-hydrogen) atoms. The van der Waals surface area contributed by atoms with E-state index in [9.17, 15) is 9.59 Å². The van der Waals surface area contributed by atoms with E-state index in [1.54, 1.807) is 11.8 Å². The van der Waals surface area contributed by atoms with Crippen LogP contribution in [0.5, 0.6) is 0 Å². The number of nitrogens with zero attached hydrogens (tertiary/aromatic N) is 2. The van der Waals surface area contributed by atoms with Crippen LogP contribution in [0.25, 0.3) is 0 Å². The van der Waals surface area contributed by atoms with Gasteiger partial charge in [-0.3, -0.25) is 9.59 Å². The average Bonchev–Trinajstić information content (AvgIpc) is 2.71. The lowest BCUT2D eigenvalue weighted by molar-refractivity contribution is -0.133. The molecule has 2 aromatic carbocycles. The van der Waals surface area contributed by atoms with Gasteiger partial charge in [0.25, 0.3) is 0 Å². The highest BCUT2D eigenvalue weighted by Gasteiger charge is 2.21. The molecule has 0 aliphatic carbocycles. The van der Waals surface area contributed by atoms with E-state index in [4.69, 9.17) is 5.84 Å². The van der Waals surface area contributed by atoms with Crippen molar-refractivity contribution in [2.75, 3.05) is 18.4 Å². The van der Waals surface area contributed by atoms with Crippen molar-refractivity contribution < 1.29 is 9.59 Å². The minimum Gasteiger partial charge on any atom is -0.374 e. The number of rotatable bonds is 6. The quantitative estimate of drug-likeness (QED) is 0.381. The van der Waals surface area contributed by atoms with Crippen LogP contribution in [0.3, 0.4) is 0 Å². The van der Waals surface area contributed by atoms with Gasteiger partial charge in [0.15, 0.2) is 0 Å². The van der Waals surface area contributed by atoms with E-state index in [2.05, 4.69) is 21.8 Å². The minimum atomic E-state index is -0.486. The predicted octanol–water partition coefficient (Wildman–Crippen LogP) is 1.90. The third kappa shape index (κ3) is 5.96. The molecule has 0 radical (unpaired) electrons. The standard InChI is InChI=1S/C21H25N5O2.ClH/c1-15(25-19-8-4-5-16(11-19)12-24-22)21(28)23-13-20(27)26-10-9-17-6-2-3-7-18(17)14-26;/h2-8,11-12,15,25H,9-10,13-14,22H2,1H3,(H,23,28);1H/b24-12+;. The van der Waals surface area contributed by atoms with Gasteiger partial charge in [-0.15, -0.1) is 12.4 Å². The number of carbonyl (C=O) groups is 2. The van der Waals surface area contributed by atoms with Crippen LogP contribution in [0.2, 0.25) is 0 Å². The lowest BCUT2D eigenvalue weighted by atomic mass is 10.00. The molecule has 2 amide bonds. The molecule has 7 nitrogen and oxygen atoms in total. The molecular weight excluding hydrogens is 390 g/mol. The Morgan fingerprint density at radius 3 is 2.72 bits per heavy atom. The average molecular weight is 416 g/mol. The second-order valence-electron chi connectivity index (χ2n) is 6.82. The van der Waals surface area contributed by atoms with Crippen LogP contribution >= 0.6 is 12.4 Å². The lowest BCUT2D eigenvalue weighted by Gasteiger charge is -2.29. The number of fused-ring (bicyclic) bond motifs is 1. The van der Waals surface area contributed by atoms with E-state index in [1.165, 1.54) is 17.3 Å². The lowest BCUT2D eigenvalue weighted by Crippen LogP contribution is -2.45. The molecule has 0 bridgehead atoms. The van der Waals surface area contributed by atoms with Crippen LogP contribution < -0.4 is 16.5 Å². The van der Waals surface area contributed by atoms with Gasteiger partial charge >= 0.3 is 0 Å². The first-order valence-electron chi connectivity index (χ1n) is 9.29. The van der Waals surface area contributed by atoms with Crippen molar-refractivity contribution >= 4 is 36.1 Å². The number of benzene rings is 2. The van der Waals surface area contributed by atoms with Crippen molar-refractivity contribution in [3.05, 3.63) is 65.2 Å². The van der Waals surface area contributed by atoms with Gasteiger partial charge in [-0.25, -0.2) is 0 Å².